The van der Waals surface area contributed by atoms with Crippen molar-refractivity contribution in [2.75, 3.05) is 18.0 Å². The second-order valence-electron chi connectivity index (χ2n) is 4.83. The molecule has 0 radical (unpaired) electrons. The number of carbonyl (C=O) groups is 2. The molecule has 2 N–H and O–H groups in total. The van der Waals surface area contributed by atoms with Crippen LogP contribution in [0.3, 0.4) is 0 Å². The molecule has 1 fully saturated rings. The highest BCUT2D eigenvalue weighted by Crippen LogP contribution is 2.26. The molecule has 0 saturated carbocycles. The summed E-state index contributed by atoms with van der Waals surface area (Å²) in [7, 11) is 0. The van der Waals surface area contributed by atoms with Gasteiger partial charge < -0.3 is 15.3 Å². The third-order valence-electron chi connectivity index (χ3n) is 3.38. The molecule has 1 heterocycles. The maximum Gasteiger partial charge on any atom is 0.305 e. The van der Waals surface area contributed by atoms with E-state index in [1.54, 1.807) is 4.90 Å². The van der Waals surface area contributed by atoms with Crippen LogP contribution < -0.4 is 10.2 Å². The van der Waals surface area contributed by atoms with Crippen molar-refractivity contribution in [2.24, 2.45) is 0 Å². The van der Waals surface area contributed by atoms with Crippen LogP contribution in [-0.4, -0.2) is 36.1 Å². The molecule has 1 unspecified atom stereocenters. The zero-order valence-electron chi connectivity index (χ0n) is 11.1. The van der Waals surface area contributed by atoms with Gasteiger partial charge in [-0.3, -0.25) is 9.59 Å². The largest absolute Gasteiger partial charge is 0.481 e. The highest BCUT2D eigenvalue weighted by atomic mass is 16.4. The van der Waals surface area contributed by atoms with Crippen LogP contribution in [-0.2, 0) is 9.59 Å². The molecule has 1 aromatic carbocycles. The van der Waals surface area contributed by atoms with Gasteiger partial charge in [0.1, 0.15) is 0 Å². The van der Waals surface area contributed by atoms with Crippen LogP contribution in [0, 0.1) is 13.8 Å². The van der Waals surface area contributed by atoms with Gasteiger partial charge in [-0.05, 0) is 25.0 Å². The smallest absolute Gasteiger partial charge is 0.305 e. The fraction of sp³-hybridized carbons (Fsp3) is 0.429. The van der Waals surface area contributed by atoms with E-state index >= 15 is 0 Å². The lowest BCUT2D eigenvalue weighted by Gasteiger charge is -2.34. The Bertz CT molecular complexity index is 493. The number of aryl methyl sites for hydroxylation is 2. The first-order valence-corrected chi connectivity index (χ1v) is 6.33. The molecule has 1 saturated heterocycles. The summed E-state index contributed by atoms with van der Waals surface area (Å²) in [4.78, 5) is 24.8. The van der Waals surface area contributed by atoms with Crippen LogP contribution in [0.25, 0.3) is 0 Å². The van der Waals surface area contributed by atoms with E-state index in [4.69, 9.17) is 5.11 Å². The van der Waals surface area contributed by atoms with Crippen molar-refractivity contribution in [2.45, 2.75) is 26.3 Å². The number of nitrogens with one attached hydrogen (secondary N) is 1. The second-order valence-corrected chi connectivity index (χ2v) is 4.83. The molecule has 1 amide bonds. The van der Waals surface area contributed by atoms with Crippen LogP contribution in [0.1, 0.15) is 17.5 Å². The molecule has 19 heavy (non-hydrogen) atoms. The average molecular weight is 262 g/mol. The lowest BCUT2D eigenvalue weighted by atomic mass is 10.0. The lowest BCUT2D eigenvalue weighted by molar-refractivity contribution is -0.139. The Labute approximate surface area is 112 Å². The molecule has 1 aliphatic rings. The number of nitrogens with zero attached hydrogens (tertiary/aromatic N) is 1. The molecule has 1 aliphatic heterocycles. The van der Waals surface area contributed by atoms with Gasteiger partial charge in [-0.25, -0.2) is 0 Å². The van der Waals surface area contributed by atoms with Crippen LogP contribution in [0.15, 0.2) is 18.2 Å². The number of amides is 1. The summed E-state index contributed by atoms with van der Waals surface area (Å²) in [6, 6.07) is 5.24. The Balaban J connectivity index is 2.29. The van der Waals surface area contributed by atoms with E-state index in [9.17, 15) is 9.59 Å². The maximum absolute atomic E-state index is 12.4. The molecule has 0 spiro atoms. The molecule has 0 aliphatic carbocycles. The first kappa shape index (κ1) is 13.5. The predicted octanol–water partition coefficient (Wildman–Crippen LogP) is 1.08. The summed E-state index contributed by atoms with van der Waals surface area (Å²) < 4.78 is 0. The minimum atomic E-state index is -0.964. The Morgan fingerprint density at radius 1 is 1.42 bits per heavy atom. The number of piperazine rings is 1. The van der Waals surface area contributed by atoms with Crippen molar-refractivity contribution in [3.63, 3.8) is 0 Å². The summed E-state index contributed by atoms with van der Waals surface area (Å²) in [5.74, 6) is -1.12. The fourth-order valence-corrected chi connectivity index (χ4v) is 2.52. The average Bonchev–Trinajstić information content (AvgIpc) is 2.33. The van der Waals surface area contributed by atoms with Gasteiger partial charge in [-0.1, -0.05) is 18.2 Å². The van der Waals surface area contributed by atoms with E-state index < -0.39 is 12.0 Å². The topological polar surface area (TPSA) is 69.6 Å². The lowest BCUT2D eigenvalue weighted by Crippen LogP contribution is -2.56. The highest BCUT2D eigenvalue weighted by molar-refractivity contribution is 6.00. The van der Waals surface area contributed by atoms with Crippen LogP contribution in [0.4, 0.5) is 5.69 Å². The van der Waals surface area contributed by atoms with Crippen molar-refractivity contribution in [1.29, 1.82) is 0 Å². The molecule has 0 aromatic heterocycles. The monoisotopic (exact) mass is 262 g/mol. The van der Waals surface area contributed by atoms with Crippen molar-refractivity contribution in [3.05, 3.63) is 29.3 Å². The summed E-state index contributed by atoms with van der Waals surface area (Å²) in [6.45, 7) is 5.10. The van der Waals surface area contributed by atoms with E-state index in [-0.39, 0.29) is 12.3 Å². The molecule has 102 valence electrons. The number of carboxylic acid groups (broad SMARTS) is 1. The van der Waals surface area contributed by atoms with E-state index in [1.807, 2.05) is 32.0 Å². The zero-order valence-corrected chi connectivity index (χ0v) is 11.1. The predicted molar refractivity (Wildman–Crippen MR) is 72.3 cm³/mol. The van der Waals surface area contributed by atoms with Crippen LogP contribution >= 0.6 is 0 Å². The SMILES string of the molecule is Cc1cccc(C)c1N1CCNC(CC(=O)O)C1=O. The molecular formula is C14H18N2O3. The summed E-state index contributed by atoms with van der Waals surface area (Å²) in [5.41, 5.74) is 2.97. The van der Waals surface area contributed by atoms with Gasteiger partial charge in [-0.15, -0.1) is 0 Å². The number of para-hydroxylation sites is 1. The fourth-order valence-electron chi connectivity index (χ4n) is 2.52. The molecule has 5 heteroatoms. The summed E-state index contributed by atoms with van der Waals surface area (Å²) in [6.07, 6.45) is -0.180. The Morgan fingerprint density at radius 2 is 2.05 bits per heavy atom. The molecule has 1 aromatic rings. The van der Waals surface area contributed by atoms with E-state index in [1.165, 1.54) is 0 Å². The first-order chi connectivity index (χ1) is 9.00. The molecule has 0 bridgehead atoms. The number of benzene rings is 1. The van der Waals surface area contributed by atoms with E-state index in [0.29, 0.717) is 13.1 Å². The molecule has 1 atom stereocenters. The molecular weight excluding hydrogens is 244 g/mol. The quantitative estimate of drug-likeness (QED) is 0.855. The van der Waals surface area contributed by atoms with Gasteiger partial charge in [0, 0.05) is 18.8 Å². The number of aliphatic carboxylic acids is 1. The van der Waals surface area contributed by atoms with Gasteiger partial charge in [0.05, 0.1) is 12.5 Å². The summed E-state index contributed by atoms with van der Waals surface area (Å²) in [5, 5.41) is 11.8. The van der Waals surface area contributed by atoms with Gasteiger partial charge in [0.15, 0.2) is 0 Å². The first-order valence-electron chi connectivity index (χ1n) is 6.33. The van der Waals surface area contributed by atoms with Crippen LogP contribution in [0.5, 0.6) is 0 Å². The number of rotatable bonds is 3. The van der Waals surface area contributed by atoms with E-state index in [2.05, 4.69) is 5.32 Å². The van der Waals surface area contributed by atoms with Gasteiger partial charge in [-0.2, -0.15) is 0 Å². The van der Waals surface area contributed by atoms with Crippen molar-refractivity contribution in [3.8, 4) is 0 Å². The van der Waals surface area contributed by atoms with Crippen molar-refractivity contribution in [1.82, 2.24) is 5.32 Å². The van der Waals surface area contributed by atoms with Gasteiger partial charge in [0.25, 0.3) is 0 Å². The van der Waals surface area contributed by atoms with E-state index in [0.717, 1.165) is 16.8 Å². The normalized spacial score (nSPS) is 19.6. The van der Waals surface area contributed by atoms with Crippen molar-refractivity contribution < 1.29 is 14.7 Å². The van der Waals surface area contributed by atoms with Gasteiger partial charge >= 0.3 is 5.97 Å². The molecule has 5 nitrogen and oxygen atoms in total. The number of anilines is 1. The zero-order chi connectivity index (χ0) is 14.0. The highest BCUT2D eigenvalue weighted by Gasteiger charge is 2.31. The number of carbonyl (C=O) groups excluding carboxylic acids is 1. The minimum Gasteiger partial charge on any atom is -0.481 e. The second kappa shape index (κ2) is 5.40. The Hall–Kier alpha value is -1.88. The third kappa shape index (κ3) is 2.76. The Morgan fingerprint density at radius 3 is 2.63 bits per heavy atom. The van der Waals surface area contributed by atoms with Crippen LogP contribution in [0.2, 0.25) is 0 Å². The van der Waals surface area contributed by atoms with Gasteiger partial charge in [0.2, 0.25) is 5.91 Å². The standard InChI is InChI=1S/C14H18N2O3/c1-9-4-3-5-10(2)13(9)16-7-6-15-11(14(16)19)8-12(17)18/h3-5,11,15H,6-8H2,1-2H3,(H,17,18). The van der Waals surface area contributed by atoms with Crippen molar-refractivity contribution >= 4 is 17.6 Å². The minimum absolute atomic E-state index is 0.161. The maximum atomic E-state index is 12.4. The molecule has 2 rings (SSSR count). The number of hydrogen-bond acceptors (Lipinski definition) is 3. The third-order valence-corrected chi connectivity index (χ3v) is 3.38. The number of carboxylic acids is 1. The number of hydrogen-bond donors (Lipinski definition) is 2. The Kier molecular flexibility index (Phi) is 3.85. The summed E-state index contributed by atoms with van der Waals surface area (Å²) >= 11 is 0.